The summed E-state index contributed by atoms with van der Waals surface area (Å²) in [5, 5.41) is 2.51. The largest absolute Gasteiger partial charge is 0.493 e. The number of amides is 1. The summed E-state index contributed by atoms with van der Waals surface area (Å²) < 4.78 is 37.0. The lowest BCUT2D eigenvalue weighted by Crippen LogP contribution is -2.66. The first-order chi connectivity index (χ1) is 18.8. The second-order valence-electron chi connectivity index (χ2n) is 8.47. The van der Waals surface area contributed by atoms with Gasteiger partial charge in [0.1, 0.15) is 12.7 Å². The van der Waals surface area contributed by atoms with Crippen molar-refractivity contribution in [3.05, 3.63) is 29.8 Å². The Morgan fingerprint density at radius 2 is 1.40 bits per heavy atom. The number of carbonyl (C=O) groups excluding carboxylic acids is 6. The van der Waals surface area contributed by atoms with Crippen LogP contribution in [0, 0.1) is 0 Å². The predicted molar refractivity (Wildman–Crippen MR) is 133 cm³/mol. The smallest absolute Gasteiger partial charge is 0.308 e. The van der Waals surface area contributed by atoms with E-state index >= 15 is 0 Å². The monoisotopic (exact) mass is 565 g/mol. The van der Waals surface area contributed by atoms with Crippen molar-refractivity contribution < 1.29 is 61.9 Å². The summed E-state index contributed by atoms with van der Waals surface area (Å²) in [7, 11) is 1.38. The van der Waals surface area contributed by atoms with Crippen molar-refractivity contribution in [2.75, 3.05) is 13.7 Å². The minimum absolute atomic E-state index is 0.189. The highest BCUT2D eigenvalue weighted by molar-refractivity contribution is 5.92. The van der Waals surface area contributed by atoms with Gasteiger partial charge in [0.2, 0.25) is 5.91 Å². The fraction of sp³-hybridized carbons (Fsp3) is 0.462. The Bertz CT molecular complexity index is 1160. The number of hydrogen-bond donors (Lipinski definition) is 1. The molecular weight excluding hydrogens is 534 g/mol. The molecule has 0 bridgehead atoms. The third-order valence-electron chi connectivity index (χ3n) is 5.14. The average molecular weight is 566 g/mol. The summed E-state index contributed by atoms with van der Waals surface area (Å²) in [6.45, 7) is 5.22. The lowest BCUT2D eigenvalue weighted by atomic mass is 9.97. The van der Waals surface area contributed by atoms with Crippen LogP contribution in [0.4, 0.5) is 0 Å². The zero-order chi connectivity index (χ0) is 30.0. The zero-order valence-electron chi connectivity index (χ0n) is 22.8. The molecule has 1 amide bonds. The Kier molecular flexibility index (Phi) is 11.6. The molecule has 1 N–H and O–H groups in total. The fourth-order valence-corrected chi connectivity index (χ4v) is 3.73. The van der Waals surface area contributed by atoms with Crippen molar-refractivity contribution in [1.29, 1.82) is 0 Å². The number of methoxy groups -OCH3 is 1. The molecule has 0 aromatic heterocycles. The molecule has 2 rings (SSSR count). The number of ether oxygens (including phenoxy) is 7. The van der Waals surface area contributed by atoms with Crippen LogP contribution in [0.3, 0.4) is 0 Å². The first-order valence-electron chi connectivity index (χ1n) is 12.0. The normalized spacial score (nSPS) is 22.0. The SMILES string of the molecule is COc1cc(/C=C/C(=O)N[C@@H]2O[C@H](COC(C)=O)[C@H](OC(C)=O)[C@H](OC(C)=O)[C@H]2OC(C)=O)ccc1OC(C)=O. The number of rotatable bonds is 10. The van der Waals surface area contributed by atoms with Crippen LogP contribution in [-0.2, 0) is 52.5 Å². The van der Waals surface area contributed by atoms with E-state index in [2.05, 4.69) is 5.32 Å². The number of esters is 5. The summed E-state index contributed by atoms with van der Waals surface area (Å²) in [5.41, 5.74) is 0.504. The van der Waals surface area contributed by atoms with E-state index in [-0.39, 0.29) is 11.5 Å². The third kappa shape index (κ3) is 9.69. The van der Waals surface area contributed by atoms with Gasteiger partial charge < -0.3 is 38.5 Å². The Balaban J connectivity index is 2.35. The van der Waals surface area contributed by atoms with Crippen molar-refractivity contribution in [1.82, 2.24) is 5.32 Å². The zero-order valence-corrected chi connectivity index (χ0v) is 22.8. The molecule has 0 saturated carbocycles. The molecule has 1 aliphatic rings. The van der Waals surface area contributed by atoms with Crippen LogP contribution in [0.25, 0.3) is 6.08 Å². The summed E-state index contributed by atoms with van der Waals surface area (Å²) >= 11 is 0. The van der Waals surface area contributed by atoms with Gasteiger partial charge in [-0.2, -0.15) is 0 Å². The van der Waals surface area contributed by atoms with E-state index in [1.54, 1.807) is 6.07 Å². The van der Waals surface area contributed by atoms with Crippen LogP contribution < -0.4 is 14.8 Å². The minimum Gasteiger partial charge on any atom is -0.493 e. The van der Waals surface area contributed by atoms with E-state index in [4.69, 9.17) is 33.2 Å². The van der Waals surface area contributed by atoms with Gasteiger partial charge in [-0.05, 0) is 23.8 Å². The molecule has 0 aliphatic carbocycles. The molecule has 40 heavy (non-hydrogen) atoms. The lowest BCUT2D eigenvalue weighted by Gasteiger charge is -2.44. The molecule has 14 nitrogen and oxygen atoms in total. The van der Waals surface area contributed by atoms with Gasteiger partial charge in [-0.1, -0.05) is 6.07 Å². The molecule has 218 valence electrons. The van der Waals surface area contributed by atoms with Gasteiger partial charge in [0.05, 0.1) is 7.11 Å². The molecule has 0 unspecified atom stereocenters. The first kappa shape index (κ1) is 31.8. The first-order valence-corrected chi connectivity index (χ1v) is 12.0. The van der Waals surface area contributed by atoms with Gasteiger partial charge in [-0.3, -0.25) is 28.8 Å². The van der Waals surface area contributed by atoms with Crippen LogP contribution in [0.15, 0.2) is 24.3 Å². The van der Waals surface area contributed by atoms with E-state index in [0.29, 0.717) is 5.56 Å². The number of nitrogens with one attached hydrogen (secondary N) is 1. The van der Waals surface area contributed by atoms with Crippen molar-refractivity contribution >= 4 is 41.8 Å². The molecule has 1 aromatic rings. The standard InChI is InChI=1S/C26H31NO13/c1-13(28)35-12-21-23(37-15(3)30)24(38-16(4)31)25(39-17(5)32)26(40-21)27-22(33)10-8-18-7-9-19(36-14(2)29)20(11-18)34-6/h7-11,21,23-26H,12H2,1-6H3,(H,27,33)/b10-8+/t21-,23+,24+,25-,26-/m1/s1. The quantitative estimate of drug-likeness (QED) is 0.183. The van der Waals surface area contributed by atoms with E-state index in [0.717, 1.165) is 33.8 Å². The fourth-order valence-electron chi connectivity index (χ4n) is 3.73. The van der Waals surface area contributed by atoms with Crippen LogP contribution in [0.5, 0.6) is 11.5 Å². The van der Waals surface area contributed by atoms with Crippen molar-refractivity contribution in [2.24, 2.45) is 0 Å². The van der Waals surface area contributed by atoms with Gasteiger partial charge in [0.15, 0.2) is 36.0 Å². The van der Waals surface area contributed by atoms with E-state index < -0.39 is 73.0 Å². The van der Waals surface area contributed by atoms with Gasteiger partial charge in [-0.15, -0.1) is 0 Å². The maximum absolute atomic E-state index is 12.8. The maximum Gasteiger partial charge on any atom is 0.308 e. The Morgan fingerprint density at radius 3 is 1.95 bits per heavy atom. The summed E-state index contributed by atoms with van der Waals surface area (Å²) in [6.07, 6.45) is -4.30. The molecule has 1 aliphatic heterocycles. The molecule has 1 heterocycles. The Morgan fingerprint density at radius 1 is 0.800 bits per heavy atom. The molecule has 1 aromatic carbocycles. The highest BCUT2D eigenvalue weighted by Gasteiger charge is 2.52. The number of hydrogen-bond acceptors (Lipinski definition) is 13. The van der Waals surface area contributed by atoms with Gasteiger partial charge in [0, 0.05) is 40.7 Å². The molecule has 0 radical (unpaired) electrons. The van der Waals surface area contributed by atoms with Gasteiger partial charge in [-0.25, -0.2) is 0 Å². The molecule has 0 spiro atoms. The van der Waals surface area contributed by atoms with Crippen molar-refractivity contribution in [2.45, 2.75) is 65.3 Å². The summed E-state index contributed by atoms with van der Waals surface area (Å²) in [5.74, 6) is -3.87. The van der Waals surface area contributed by atoms with Gasteiger partial charge in [0.25, 0.3) is 0 Å². The Hall–Kier alpha value is -4.46. The summed E-state index contributed by atoms with van der Waals surface area (Å²) in [6, 6.07) is 4.58. The maximum atomic E-state index is 12.8. The Labute approximate surface area is 229 Å². The van der Waals surface area contributed by atoms with E-state index in [1.807, 2.05) is 0 Å². The molecule has 14 heteroatoms. The predicted octanol–water partition coefficient (Wildman–Crippen LogP) is 0.833. The molecule has 5 atom stereocenters. The van der Waals surface area contributed by atoms with Crippen LogP contribution in [0.2, 0.25) is 0 Å². The minimum atomic E-state index is -1.44. The number of benzene rings is 1. The van der Waals surface area contributed by atoms with Crippen molar-refractivity contribution in [3.8, 4) is 11.5 Å². The molecular formula is C26H31NO13. The summed E-state index contributed by atoms with van der Waals surface area (Å²) in [4.78, 5) is 71.1. The van der Waals surface area contributed by atoms with Crippen LogP contribution in [-0.4, -0.2) is 80.1 Å². The highest BCUT2D eigenvalue weighted by Crippen LogP contribution is 2.30. The molecule has 1 saturated heterocycles. The topological polar surface area (TPSA) is 179 Å². The van der Waals surface area contributed by atoms with E-state index in [9.17, 15) is 28.8 Å². The van der Waals surface area contributed by atoms with E-state index in [1.165, 1.54) is 32.2 Å². The number of carbonyl (C=O) groups is 6. The van der Waals surface area contributed by atoms with Crippen LogP contribution >= 0.6 is 0 Å². The highest BCUT2D eigenvalue weighted by atomic mass is 16.7. The lowest BCUT2D eigenvalue weighted by molar-refractivity contribution is -0.256. The average Bonchev–Trinajstić information content (AvgIpc) is 2.84. The van der Waals surface area contributed by atoms with Crippen molar-refractivity contribution in [3.63, 3.8) is 0 Å². The second kappa shape index (κ2) is 14.6. The second-order valence-corrected chi connectivity index (χ2v) is 8.47. The molecule has 1 fully saturated rings. The van der Waals surface area contributed by atoms with Gasteiger partial charge >= 0.3 is 29.8 Å². The van der Waals surface area contributed by atoms with Crippen LogP contribution in [0.1, 0.15) is 40.2 Å². The third-order valence-corrected chi connectivity index (χ3v) is 5.14.